The van der Waals surface area contributed by atoms with Gasteiger partial charge in [0.1, 0.15) is 18.4 Å². The Labute approximate surface area is 219 Å². The molecule has 2 aliphatic heterocycles. The van der Waals surface area contributed by atoms with E-state index in [1.807, 2.05) is 19.1 Å². The van der Waals surface area contributed by atoms with E-state index in [4.69, 9.17) is 9.47 Å². The summed E-state index contributed by atoms with van der Waals surface area (Å²) < 4.78 is 54.8. The molecule has 2 aliphatic rings. The van der Waals surface area contributed by atoms with Crippen molar-refractivity contribution in [3.05, 3.63) is 35.8 Å². The Morgan fingerprint density at radius 2 is 2.13 bits per heavy atom. The fourth-order valence-corrected chi connectivity index (χ4v) is 4.93. The molecule has 0 saturated carbocycles. The molecule has 0 unspecified atom stereocenters. The van der Waals surface area contributed by atoms with E-state index in [1.54, 1.807) is 13.0 Å². The highest BCUT2D eigenvalue weighted by atomic mass is 19.1. The lowest BCUT2D eigenvalue weighted by molar-refractivity contribution is -0.0794. The molecule has 5 rings (SSSR count). The molecule has 2 aromatic heterocycles. The maximum Gasteiger partial charge on any atom is 0.244 e. The summed E-state index contributed by atoms with van der Waals surface area (Å²) in [7, 11) is 1.45. The summed E-state index contributed by atoms with van der Waals surface area (Å²) in [6, 6.07) is 5.25. The molecule has 12 heteroatoms. The highest BCUT2D eigenvalue weighted by molar-refractivity contribution is 5.95. The number of nitrogens with zero attached hydrogens (tertiary/aromatic N) is 5. The smallest absolute Gasteiger partial charge is 0.244 e. The van der Waals surface area contributed by atoms with Gasteiger partial charge in [-0.25, -0.2) is 17.7 Å². The van der Waals surface area contributed by atoms with E-state index in [0.29, 0.717) is 48.7 Å². The molecule has 3 aromatic rings. The van der Waals surface area contributed by atoms with Gasteiger partial charge in [-0.05, 0) is 43.5 Å². The van der Waals surface area contributed by atoms with Crippen LogP contribution in [0.3, 0.4) is 0 Å². The number of ether oxygens (including phenoxy) is 2. The van der Waals surface area contributed by atoms with Crippen molar-refractivity contribution in [1.82, 2.24) is 19.5 Å². The normalized spacial score (nSPS) is 20.9. The zero-order valence-electron chi connectivity index (χ0n) is 21.7. The zero-order valence-corrected chi connectivity index (χ0v) is 21.7. The van der Waals surface area contributed by atoms with Gasteiger partial charge in [0.25, 0.3) is 0 Å². The summed E-state index contributed by atoms with van der Waals surface area (Å²) in [5.74, 6) is 0.444. The Kier molecular flexibility index (Phi) is 7.70. The predicted molar refractivity (Wildman–Crippen MR) is 140 cm³/mol. The first kappa shape index (κ1) is 26.2. The van der Waals surface area contributed by atoms with Crippen molar-refractivity contribution in [2.75, 3.05) is 57.3 Å². The van der Waals surface area contributed by atoms with Crippen molar-refractivity contribution < 1.29 is 22.6 Å². The van der Waals surface area contributed by atoms with Gasteiger partial charge < -0.3 is 20.1 Å². The van der Waals surface area contributed by atoms with Gasteiger partial charge in [-0.1, -0.05) is 6.07 Å². The van der Waals surface area contributed by atoms with Crippen molar-refractivity contribution in [3.8, 4) is 17.0 Å². The number of methoxy groups -OCH3 is 1. The Morgan fingerprint density at radius 1 is 1.32 bits per heavy atom. The third-order valence-electron chi connectivity index (χ3n) is 7.03. The number of hydrogen-bond acceptors (Lipinski definition) is 7. The third kappa shape index (κ3) is 5.28. The molecule has 204 valence electrons. The maximum absolute atomic E-state index is 15.3. The summed E-state index contributed by atoms with van der Waals surface area (Å²) in [4.78, 5) is 10.7. The molecule has 0 spiro atoms. The van der Waals surface area contributed by atoms with Crippen LogP contribution in [0.2, 0.25) is 0 Å². The Balaban J connectivity index is 1.39. The zero-order chi connectivity index (χ0) is 26.8. The molecule has 2 N–H and O–H groups in total. The van der Waals surface area contributed by atoms with E-state index in [-0.39, 0.29) is 24.4 Å². The van der Waals surface area contributed by atoms with E-state index < -0.39 is 24.7 Å². The number of likely N-dealkylation sites (tertiary alicyclic amines) is 1. The monoisotopic (exact) mass is 531 g/mol. The Hall–Kier alpha value is -3.38. The number of alkyl halides is 2. The molecule has 38 heavy (non-hydrogen) atoms. The van der Waals surface area contributed by atoms with Crippen LogP contribution in [-0.2, 0) is 4.74 Å². The average molecular weight is 532 g/mol. The Bertz CT molecular complexity index is 1330. The molecule has 2 atom stereocenters. The number of fused-ring (bicyclic) bond motifs is 1. The number of rotatable bonds is 8. The molecule has 1 aromatic carbocycles. The molecule has 9 nitrogen and oxygen atoms in total. The van der Waals surface area contributed by atoms with Crippen molar-refractivity contribution in [2.24, 2.45) is 4.99 Å². The Morgan fingerprint density at radius 3 is 2.79 bits per heavy atom. The number of anilines is 2. The molecule has 0 radical (unpaired) electrons. The van der Waals surface area contributed by atoms with E-state index in [2.05, 4.69) is 30.6 Å². The summed E-state index contributed by atoms with van der Waals surface area (Å²) in [6.45, 7) is 5.58. The van der Waals surface area contributed by atoms with E-state index >= 15 is 4.39 Å². The second-order valence-corrected chi connectivity index (χ2v) is 9.64. The summed E-state index contributed by atoms with van der Waals surface area (Å²) in [5, 5.41) is 10.7. The van der Waals surface area contributed by atoms with Gasteiger partial charge in [0.15, 0.2) is 5.82 Å². The molecule has 0 amide bonds. The first-order chi connectivity index (χ1) is 18.4. The molecule has 2 fully saturated rings. The maximum atomic E-state index is 15.3. The molecule has 4 heterocycles. The van der Waals surface area contributed by atoms with Crippen LogP contribution in [0.1, 0.15) is 18.9 Å². The van der Waals surface area contributed by atoms with Crippen LogP contribution in [0.25, 0.3) is 16.6 Å². The largest absolute Gasteiger partial charge is 0.479 e. The SMILES string of the molecule is COc1nc(N[C@@H]2CCN(C3COC3)C[C@H]2F)nn2cc(F)c(-c3ccc(NC(C)=NCCF)c(C)c3)c12. The second-order valence-electron chi connectivity index (χ2n) is 9.64. The van der Waals surface area contributed by atoms with Crippen LogP contribution in [0.5, 0.6) is 5.88 Å². The quantitative estimate of drug-likeness (QED) is 0.337. The minimum atomic E-state index is -1.10. The first-order valence-electron chi connectivity index (χ1n) is 12.7. The topological polar surface area (TPSA) is 88.3 Å². The van der Waals surface area contributed by atoms with Crippen LogP contribution in [0.15, 0.2) is 29.4 Å². The number of aryl methyl sites for hydroxylation is 1. The van der Waals surface area contributed by atoms with Crippen LogP contribution in [-0.4, -0.2) is 90.2 Å². The minimum Gasteiger partial charge on any atom is -0.479 e. The lowest BCUT2D eigenvalue weighted by Gasteiger charge is -2.42. The van der Waals surface area contributed by atoms with Crippen molar-refractivity contribution in [2.45, 2.75) is 38.5 Å². The van der Waals surface area contributed by atoms with Gasteiger partial charge in [-0.3, -0.25) is 9.89 Å². The number of aromatic nitrogens is 3. The number of aliphatic imine (C=N–C) groups is 1. The van der Waals surface area contributed by atoms with Gasteiger partial charge in [0, 0.05) is 18.8 Å². The van der Waals surface area contributed by atoms with Gasteiger partial charge in [0.2, 0.25) is 11.8 Å². The lowest BCUT2D eigenvalue weighted by Crippen LogP contribution is -2.57. The molecule has 2 saturated heterocycles. The molecule has 0 aliphatic carbocycles. The number of piperidine rings is 1. The lowest BCUT2D eigenvalue weighted by atomic mass is 10.0. The standard InChI is InChI=1S/C26H32F3N7O2/c1-15-10-17(4-5-21(15)31-16(2)30-8-7-27)23-20(29)12-36-24(23)25(37-3)33-26(34-36)32-22-6-9-35(11-19(22)28)18-13-38-14-18/h4-5,10,12,18-19,22H,6-9,11,13-14H2,1-3H3,(H,30,31)(H,32,34)/t19-,22-/m1/s1. The molecular weight excluding hydrogens is 499 g/mol. The van der Waals surface area contributed by atoms with E-state index in [0.717, 1.165) is 17.8 Å². The number of hydrogen-bond donors (Lipinski definition) is 2. The van der Waals surface area contributed by atoms with Crippen molar-refractivity contribution in [1.29, 1.82) is 0 Å². The summed E-state index contributed by atoms with van der Waals surface area (Å²) in [6.07, 6.45) is 0.749. The van der Waals surface area contributed by atoms with Crippen molar-refractivity contribution >= 4 is 23.0 Å². The minimum absolute atomic E-state index is 0.0929. The van der Waals surface area contributed by atoms with Gasteiger partial charge >= 0.3 is 0 Å². The van der Waals surface area contributed by atoms with Gasteiger partial charge in [-0.15, -0.1) is 5.10 Å². The molecular formula is C26H32F3N7O2. The van der Waals surface area contributed by atoms with Crippen LogP contribution >= 0.6 is 0 Å². The third-order valence-corrected chi connectivity index (χ3v) is 7.03. The number of halogens is 3. The van der Waals surface area contributed by atoms with Crippen LogP contribution < -0.4 is 15.4 Å². The van der Waals surface area contributed by atoms with Gasteiger partial charge in [-0.2, -0.15) is 4.98 Å². The summed E-state index contributed by atoms with van der Waals surface area (Å²) >= 11 is 0. The highest BCUT2D eigenvalue weighted by Crippen LogP contribution is 2.36. The number of nitrogens with one attached hydrogen (secondary N) is 2. The van der Waals surface area contributed by atoms with Gasteiger partial charge in [0.05, 0.1) is 56.5 Å². The fourth-order valence-electron chi connectivity index (χ4n) is 4.93. The van der Waals surface area contributed by atoms with Crippen LogP contribution in [0, 0.1) is 12.7 Å². The van der Waals surface area contributed by atoms with E-state index in [1.165, 1.54) is 17.8 Å². The molecule has 0 bridgehead atoms. The average Bonchev–Trinajstić information content (AvgIpc) is 3.19. The summed E-state index contributed by atoms with van der Waals surface area (Å²) in [5.41, 5.74) is 2.91. The highest BCUT2D eigenvalue weighted by Gasteiger charge is 2.36. The van der Waals surface area contributed by atoms with Crippen LogP contribution in [0.4, 0.5) is 24.8 Å². The number of benzene rings is 1. The number of amidine groups is 1. The predicted octanol–water partition coefficient (Wildman–Crippen LogP) is 3.88. The van der Waals surface area contributed by atoms with E-state index in [9.17, 15) is 8.78 Å². The van der Waals surface area contributed by atoms with Crippen molar-refractivity contribution in [3.63, 3.8) is 0 Å². The second kappa shape index (κ2) is 11.2. The fraction of sp³-hybridized carbons (Fsp3) is 0.500. The first-order valence-corrected chi connectivity index (χ1v) is 12.7.